The molecule has 10 nitrogen and oxygen atoms in total. The van der Waals surface area contributed by atoms with Gasteiger partial charge in [-0.25, -0.2) is 9.69 Å². The fraction of sp³-hybridized carbons (Fsp3) is 0.348. The molecular weight excluding hydrogens is 508 g/mol. The second kappa shape index (κ2) is 7.88. The lowest BCUT2D eigenvalue weighted by Gasteiger charge is -2.56. The van der Waals surface area contributed by atoms with Crippen molar-refractivity contribution in [2.24, 2.45) is 5.41 Å². The predicted molar refractivity (Wildman–Crippen MR) is 126 cm³/mol. The molecule has 4 atom stereocenters. The predicted octanol–water partition coefficient (Wildman–Crippen LogP) is 3.17. The first-order valence-corrected chi connectivity index (χ1v) is 11.6. The van der Waals surface area contributed by atoms with Crippen molar-refractivity contribution in [1.29, 1.82) is 0 Å². The molecule has 1 spiro atoms. The van der Waals surface area contributed by atoms with Crippen LogP contribution < -0.4 is 15.1 Å². The number of hydrogen-bond donors (Lipinski definition) is 1. The lowest BCUT2D eigenvalue weighted by Crippen LogP contribution is -2.76. The van der Waals surface area contributed by atoms with Gasteiger partial charge in [0, 0.05) is 35.3 Å². The number of imide groups is 2. The van der Waals surface area contributed by atoms with Crippen molar-refractivity contribution < 1.29 is 24.0 Å². The second-order valence-electron chi connectivity index (χ2n) is 8.84. The zero-order chi connectivity index (χ0) is 24.4. The van der Waals surface area contributed by atoms with E-state index in [-0.39, 0.29) is 18.2 Å². The zero-order valence-corrected chi connectivity index (χ0v) is 19.9. The number of barbiturate groups is 1. The smallest absolute Gasteiger partial charge is 0.335 e. The van der Waals surface area contributed by atoms with Crippen molar-refractivity contribution in [2.45, 2.75) is 38.5 Å². The molecule has 3 aliphatic rings. The van der Waals surface area contributed by atoms with Gasteiger partial charge >= 0.3 is 6.03 Å². The molecule has 3 aliphatic heterocycles. The van der Waals surface area contributed by atoms with Gasteiger partial charge in [0.05, 0.1) is 28.9 Å². The summed E-state index contributed by atoms with van der Waals surface area (Å²) in [4.78, 5) is 54.3. The number of morpholine rings is 1. The van der Waals surface area contributed by atoms with Crippen LogP contribution in [0.1, 0.15) is 19.4 Å². The molecule has 0 radical (unpaired) electrons. The highest BCUT2D eigenvalue weighted by atomic mass is 79.9. The van der Waals surface area contributed by atoms with E-state index in [2.05, 4.69) is 21.2 Å². The average molecular weight is 529 g/mol. The summed E-state index contributed by atoms with van der Waals surface area (Å²) in [5.74, 6) is -1.41. The Morgan fingerprint density at radius 2 is 1.85 bits per heavy atom. The van der Waals surface area contributed by atoms with E-state index in [4.69, 9.17) is 4.74 Å². The van der Waals surface area contributed by atoms with Gasteiger partial charge in [0.1, 0.15) is 0 Å². The molecule has 0 saturated carbocycles. The van der Waals surface area contributed by atoms with Crippen LogP contribution >= 0.6 is 15.9 Å². The first-order chi connectivity index (χ1) is 16.1. The van der Waals surface area contributed by atoms with Gasteiger partial charge in [-0.05, 0) is 49.7 Å². The zero-order valence-electron chi connectivity index (χ0n) is 18.4. The van der Waals surface area contributed by atoms with Gasteiger partial charge in [-0.2, -0.15) is 0 Å². The molecule has 0 aliphatic carbocycles. The minimum absolute atomic E-state index is 0.0990. The summed E-state index contributed by atoms with van der Waals surface area (Å²) in [6, 6.07) is 9.52. The van der Waals surface area contributed by atoms with E-state index < -0.39 is 40.3 Å². The van der Waals surface area contributed by atoms with E-state index >= 15 is 0 Å². The number of anilines is 2. The number of nitrogens with zero attached hydrogens (tertiary/aromatic N) is 3. The number of nitro benzene ring substituents is 1. The van der Waals surface area contributed by atoms with Gasteiger partial charge in [-0.3, -0.25) is 25.0 Å². The lowest BCUT2D eigenvalue weighted by molar-refractivity contribution is -0.384. The third-order valence-electron chi connectivity index (χ3n) is 6.74. The van der Waals surface area contributed by atoms with Gasteiger partial charge in [-0.1, -0.05) is 15.9 Å². The number of amides is 4. The van der Waals surface area contributed by atoms with Crippen LogP contribution in [-0.2, 0) is 20.7 Å². The van der Waals surface area contributed by atoms with E-state index in [9.17, 15) is 24.5 Å². The van der Waals surface area contributed by atoms with E-state index in [0.29, 0.717) is 17.8 Å². The number of benzene rings is 2. The maximum Gasteiger partial charge on any atom is 0.335 e. The SMILES string of the molecule is C[C@@H]1CN2c3ccc([N+](=O)[O-])cc3C[C@]3(C(=O)NC(=O)N(c4ccc(Br)cc4)C3=O)[C@H]2[C@@H](C)O1. The third kappa shape index (κ3) is 3.22. The van der Waals surface area contributed by atoms with Gasteiger partial charge in [-0.15, -0.1) is 0 Å². The Balaban J connectivity index is 1.70. The Bertz CT molecular complexity index is 1230. The van der Waals surface area contributed by atoms with Gasteiger partial charge in [0.25, 0.3) is 11.6 Å². The largest absolute Gasteiger partial charge is 0.372 e. The highest BCUT2D eigenvalue weighted by molar-refractivity contribution is 9.10. The van der Waals surface area contributed by atoms with Crippen LogP contribution in [0.25, 0.3) is 0 Å². The van der Waals surface area contributed by atoms with Crippen molar-refractivity contribution in [1.82, 2.24) is 5.32 Å². The Morgan fingerprint density at radius 3 is 2.53 bits per heavy atom. The Kier molecular flexibility index (Phi) is 5.21. The van der Waals surface area contributed by atoms with E-state index in [1.807, 2.05) is 11.8 Å². The van der Waals surface area contributed by atoms with Crippen LogP contribution in [0.5, 0.6) is 0 Å². The number of carbonyl (C=O) groups excluding carboxylic acids is 3. The fourth-order valence-corrected chi connectivity index (χ4v) is 5.71. The number of nitro groups is 1. The van der Waals surface area contributed by atoms with E-state index in [1.54, 1.807) is 37.3 Å². The van der Waals surface area contributed by atoms with Crippen molar-refractivity contribution in [3.8, 4) is 0 Å². The third-order valence-corrected chi connectivity index (χ3v) is 7.27. The lowest BCUT2D eigenvalue weighted by atomic mass is 9.66. The molecule has 0 bridgehead atoms. The summed E-state index contributed by atoms with van der Waals surface area (Å²) in [7, 11) is 0. The Labute approximate surface area is 203 Å². The minimum Gasteiger partial charge on any atom is -0.372 e. The summed E-state index contributed by atoms with van der Waals surface area (Å²) in [5.41, 5.74) is -0.322. The molecule has 1 N–H and O–H groups in total. The number of rotatable bonds is 2. The van der Waals surface area contributed by atoms with Gasteiger partial charge < -0.3 is 9.64 Å². The summed E-state index contributed by atoms with van der Waals surface area (Å²) in [6.45, 7) is 4.07. The molecule has 2 saturated heterocycles. The van der Waals surface area contributed by atoms with Gasteiger partial charge in [0.15, 0.2) is 5.41 Å². The second-order valence-corrected chi connectivity index (χ2v) is 9.76. The van der Waals surface area contributed by atoms with E-state index in [1.165, 1.54) is 12.1 Å². The maximum atomic E-state index is 14.1. The van der Waals surface area contributed by atoms with Crippen LogP contribution in [-0.4, -0.2) is 47.6 Å². The Morgan fingerprint density at radius 1 is 1.15 bits per heavy atom. The average Bonchev–Trinajstić information content (AvgIpc) is 2.78. The van der Waals surface area contributed by atoms with E-state index in [0.717, 1.165) is 15.1 Å². The van der Waals surface area contributed by atoms with Crippen LogP contribution in [0.15, 0.2) is 46.9 Å². The first-order valence-electron chi connectivity index (χ1n) is 10.8. The first kappa shape index (κ1) is 22.5. The van der Waals surface area contributed by atoms with Crippen LogP contribution in [0.3, 0.4) is 0 Å². The molecule has 11 heteroatoms. The topological polar surface area (TPSA) is 122 Å². The molecule has 2 fully saturated rings. The van der Waals surface area contributed by atoms with Crippen LogP contribution in [0.4, 0.5) is 21.9 Å². The monoisotopic (exact) mass is 528 g/mol. The molecule has 2 aromatic carbocycles. The van der Waals surface area contributed by atoms with Gasteiger partial charge in [0.2, 0.25) is 5.91 Å². The van der Waals surface area contributed by atoms with Crippen molar-refractivity contribution in [3.63, 3.8) is 0 Å². The van der Waals surface area contributed by atoms with Crippen molar-refractivity contribution in [2.75, 3.05) is 16.3 Å². The Hall–Kier alpha value is -3.31. The molecule has 34 heavy (non-hydrogen) atoms. The highest BCUT2D eigenvalue weighted by Crippen LogP contribution is 2.49. The number of urea groups is 1. The number of hydrogen-bond acceptors (Lipinski definition) is 7. The highest BCUT2D eigenvalue weighted by Gasteiger charge is 2.65. The maximum absolute atomic E-state index is 14.1. The number of non-ortho nitro benzene ring substituents is 1. The molecular formula is C23H21BrN4O6. The normalized spacial score (nSPS) is 28.4. The molecule has 4 amide bonds. The quantitative estimate of drug-likeness (QED) is 0.360. The molecule has 2 aromatic rings. The van der Waals surface area contributed by atoms with Crippen LogP contribution in [0, 0.1) is 15.5 Å². The molecule has 5 rings (SSSR count). The number of ether oxygens (including phenoxy) is 1. The summed E-state index contributed by atoms with van der Waals surface area (Å²) in [6.07, 6.45) is -0.824. The summed E-state index contributed by atoms with van der Waals surface area (Å²) < 4.78 is 6.81. The molecule has 0 aromatic heterocycles. The number of nitrogens with one attached hydrogen (secondary N) is 1. The molecule has 176 valence electrons. The van der Waals surface area contributed by atoms with Crippen molar-refractivity contribution >= 4 is 50.8 Å². The number of carbonyl (C=O) groups is 3. The summed E-state index contributed by atoms with van der Waals surface area (Å²) in [5, 5.41) is 13.8. The molecule has 3 heterocycles. The standard InChI is InChI=1S/C23H21BrN4O6/c1-12-11-26-18-8-7-17(28(32)33)9-14(18)10-23(19(26)13(2)34-12)20(29)25-22(31)27(21(23)30)16-5-3-15(24)4-6-16/h3-9,12-13,19H,10-11H2,1-2H3,(H,25,29,31)/t12-,13-,19-,23-/m1/s1. The number of halogens is 1. The summed E-state index contributed by atoms with van der Waals surface area (Å²) >= 11 is 3.34. The molecule has 0 unspecified atom stereocenters. The fourth-order valence-electron chi connectivity index (χ4n) is 5.45. The number of fused-ring (bicyclic) bond motifs is 4. The van der Waals surface area contributed by atoms with Crippen molar-refractivity contribution in [3.05, 3.63) is 62.6 Å². The van der Waals surface area contributed by atoms with Crippen LogP contribution in [0.2, 0.25) is 0 Å². The minimum atomic E-state index is -1.72.